The molecule has 0 aliphatic carbocycles. The van der Waals surface area contributed by atoms with E-state index in [1.165, 1.54) is 60.5 Å². The summed E-state index contributed by atoms with van der Waals surface area (Å²) in [4.78, 5) is 14.8. The molecule has 0 spiro atoms. The van der Waals surface area contributed by atoms with Gasteiger partial charge in [0.2, 0.25) is 5.69 Å². The van der Waals surface area contributed by atoms with Crippen molar-refractivity contribution in [2.24, 2.45) is 7.05 Å². The Labute approximate surface area is 360 Å². The predicted molar refractivity (Wildman–Crippen MR) is 255 cm³/mol. The van der Waals surface area contributed by atoms with Gasteiger partial charge in [-0.1, -0.05) is 146 Å². The lowest BCUT2D eigenvalue weighted by atomic mass is 9.88. The molecule has 0 unspecified atom stereocenters. The summed E-state index contributed by atoms with van der Waals surface area (Å²) < 4.78 is 9.13. The molecule has 0 amide bonds. The van der Waals surface area contributed by atoms with Crippen LogP contribution in [0, 0.1) is 27.7 Å². The minimum Gasteiger partial charge on any atom is -0.455 e. The van der Waals surface area contributed by atoms with Gasteiger partial charge in [0, 0.05) is 39.1 Å². The Balaban J connectivity index is 0.968. The van der Waals surface area contributed by atoms with E-state index in [1.54, 1.807) is 0 Å². The van der Waals surface area contributed by atoms with Crippen molar-refractivity contribution >= 4 is 43.5 Å². The van der Waals surface area contributed by atoms with Crippen LogP contribution < -0.4 is 4.57 Å². The molecule has 0 saturated carbocycles. The Kier molecular flexibility index (Phi) is 8.86. The van der Waals surface area contributed by atoms with Gasteiger partial charge in [-0.15, -0.1) is 0 Å². The lowest BCUT2D eigenvalue weighted by molar-refractivity contribution is -0.660. The molecule has 0 fully saturated rings. The molecule has 11 rings (SSSR count). The van der Waals surface area contributed by atoms with Crippen molar-refractivity contribution in [3.05, 3.63) is 192 Å². The molecular formula is C57H43N4O+. The second-order valence-corrected chi connectivity index (χ2v) is 16.6. The van der Waals surface area contributed by atoms with Gasteiger partial charge in [0.25, 0.3) is 0 Å². The van der Waals surface area contributed by atoms with Crippen LogP contribution >= 0.6 is 0 Å². The van der Waals surface area contributed by atoms with Gasteiger partial charge in [-0.3, -0.25) is 0 Å². The van der Waals surface area contributed by atoms with Gasteiger partial charge in [0.1, 0.15) is 18.2 Å². The number of furan rings is 1. The van der Waals surface area contributed by atoms with Gasteiger partial charge >= 0.3 is 0 Å². The molecule has 3 heterocycles. The minimum absolute atomic E-state index is 0.645. The van der Waals surface area contributed by atoms with Gasteiger partial charge in [0.15, 0.2) is 23.7 Å². The van der Waals surface area contributed by atoms with Crippen LogP contribution in [0.2, 0.25) is 0 Å². The van der Waals surface area contributed by atoms with E-state index in [-0.39, 0.29) is 0 Å². The molecule has 0 aliphatic rings. The summed E-state index contributed by atoms with van der Waals surface area (Å²) in [5, 5.41) is 7.16. The maximum Gasteiger partial charge on any atom is 0.216 e. The molecule has 62 heavy (non-hydrogen) atoms. The van der Waals surface area contributed by atoms with Crippen LogP contribution in [0.3, 0.4) is 0 Å². The zero-order valence-electron chi connectivity index (χ0n) is 35.4. The number of hydrogen-bond donors (Lipinski definition) is 0. The quantitative estimate of drug-likeness (QED) is 0.124. The largest absolute Gasteiger partial charge is 0.455 e. The highest BCUT2D eigenvalue weighted by Crippen LogP contribution is 2.42. The fourth-order valence-electron chi connectivity index (χ4n) is 9.36. The molecule has 0 aliphatic heterocycles. The topological polar surface area (TPSA) is 55.7 Å². The maximum atomic E-state index is 6.88. The number of pyridine rings is 1. The summed E-state index contributed by atoms with van der Waals surface area (Å²) in [5.41, 5.74) is 16.5. The van der Waals surface area contributed by atoms with E-state index in [2.05, 4.69) is 149 Å². The third-order valence-corrected chi connectivity index (χ3v) is 12.4. The van der Waals surface area contributed by atoms with Crippen molar-refractivity contribution in [2.45, 2.75) is 27.7 Å². The van der Waals surface area contributed by atoms with Gasteiger partial charge in [0.05, 0.1) is 5.56 Å². The highest BCUT2D eigenvalue weighted by atomic mass is 16.3. The monoisotopic (exact) mass is 799 g/mol. The molecular weight excluding hydrogens is 757 g/mol. The van der Waals surface area contributed by atoms with Crippen molar-refractivity contribution in [3.63, 3.8) is 0 Å². The number of aromatic nitrogens is 4. The SMILES string of the molecule is Cc1c[n+](C)c(-c2c(C)ccc3c2oc2cc4c(ccc5ccccc54)cc23)cc1-c1c(C)cc(-c2ccc(-c3nc(-c4ccccc4)nc(-c4ccccc4)n3)cc2)cc1C. The molecule has 296 valence electrons. The first-order valence-corrected chi connectivity index (χ1v) is 21.1. The number of hydrogen-bond acceptors (Lipinski definition) is 4. The zero-order chi connectivity index (χ0) is 42.1. The fraction of sp³-hybridized carbons (Fsp3) is 0.0877. The van der Waals surface area contributed by atoms with Crippen LogP contribution in [0.25, 0.3) is 111 Å². The Bertz CT molecular complexity index is 3470. The van der Waals surface area contributed by atoms with Gasteiger partial charge in [-0.25, -0.2) is 19.5 Å². The first-order chi connectivity index (χ1) is 30.3. The van der Waals surface area contributed by atoms with E-state index in [0.717, 1.165) is 55.4 Å². The van der Waals surface area contributed by atoms with Gasteiger partial charge in [-0.05, 0) is 100 Å². The number of aryl methyl sites for hydroxylation is 5. The third kappa shape index (κ3) is 6.33. The standard InChI is InChI=1S/C57H43N4O/c1-34-20-27-46-49-30-43-26-23-39-14-12-13-19-45(39)48(43)32-51(49)62-54(46)53(34)50-31-47(37(4)33-61(50)5)52-35(2)28-44(29-36(52)3)38-21-24-42(25-22-38)57-59-55(40-15-8-6-9-16-40)58-56(60-57)41-17-10-7-11-18-41/h6-33H,1-5H3/q+1. The van der Waals surface area contributed by atoms with Crippen LogP contribution in [0.4, 0.5) is 0 Å². The fourth-order valence-corrected chi connectivity index (χ4v) is 9.36. The van der Waals surface area contributed by atoms with Crippen molar-refractivity contribution in [1.82, 2.24) is 15.0 Å². The normalized spacial score (nSPS) is 11.6. The van der Waals surface area contributed by atoms with Crippen molar-refractivity contribution in [2.75, 3.05) is 0 Å². The Morgan fingerprint density at radius 2 is 0.984 bits per heavy atom. The van der Waals surface area contributed by atoms with E-state index < -0.39 is 0 Å². The summed E-state index contributed by atoms with van der Waals surface area (Å²) >= 11 is 0. The molecule has 5 heteroatoms. The van der Waals surface area contributed by atoms with Crippen molar-refractivity contribution in [3.8, 4) is 67.7 Å². The summed E-state index contributed by atoms with van der Waals surface area (Å²) in [7, 11) is 2.14. The Hall–Kier alpha value is -7.76. The molecule has 0 bridgehead atoms. The highest BCUT2D eigenvalue weighted by Gasteiger charge is 2.24. The van der Waals surface area contributed by atoms with Crippen molar-refractivity contribution in [1.29, 1.82) is 0 Å². The molecule has 0 radical (unpaired) electrons. The zero-order valence-corrected chi connectivity index (χ0v) is 35.4. The van der Waals surface area contributed by atoms with Gasteiger partial charge < -0.3 is 4.42 Å². The molecule has 8 aromatic carbocycles. The Morgan fingerprint density at radius 1 is 0.403 bits per heavy atom. The first kappa shape index (κ1) is 37.3. The lowest BCUT2D eigenvalue weighted by Gasteiger charge is -2.16. The summed E-state index contributed by atoms with van der Waals surface area (Å²) in [6.45, 7) is 8.86. The average Bonchev–Trinajstić information content (AvgIpc) is 3.66. The molecule has 5 nitrogen and oxygen atoms in total. The van der Waals surface area contributed by atoms with Crippen LogP contribution in [-0.2, 0) is 7.05 Å². The number of rotatable bonds is 6. The molecule has 3 aromatic heterocycles. The van der Waals surface area contributed by atoms with E-state index in [9.17, 15) is 0 Å². The smallest absolute Gasteiger partial charge is 0.216 e. The molecule has 11 aromatic rings. The van der Waals surface area contributed by atoms with E-state index in [4.69, 9.17) is 19.4 Å². The number of fused-ring (bicyclic) bond motifs is 6. The Morgan fingerprint density at radius 3 is 1.65 bits per heavy atom. The summed E-state index contributed by atoms with van der Waals surface area (Å²) in [6, 6.07) is 57.7. The molecule has 0 atom stereocenters. The predicted octanol–water partition coefficient (Wildman–Crippen LogP) is 14.1. The van der Waals surface area contributed by atoms with Crippen LogP contribution in [0.1, 0.15) is 22.3 Å². The molecule has 0 N–H and O–H groups in total. The summed E-state index contributed by atoms with van der Waals surface area (Å²) in [6.07, 6.45) is 2.26. The van der Waals surface area contributed by atoms with E-state index >= 15 is 0 Å². The van der Waals surface area contributed by atoms with E-state index in [1.807, 2.05) is 60.7 Å². The summed E-state index contributed by atoms with van der Waals surface area (Å²) in [5.74, 6) is 1.95. The van der Waals surface area contributed by atoms with Gasteiger partial charge in [-0.2, -0.15) is 0 Å². The second kappa shape index (κ2) is 14.8. The number of benzene rings is 8. The maximum absolute atomic E-state index is 6.88. The second-order valence-electron chi connectivity index (χ2n) is 16.6. The number of nitrogens with zero attached hydrogens (tertiary/aromatic N) is 4. The highest BCUT2D eigenvalue weighted by molar-refractivity contribution is 6.17. The van der Waals surface area contributed by atoms with Crippen LogP contribution in [0.5, 0.6) is 0 Å². The van der Waals surface area contributed by atoms with Crippen LogP contribution in [0.15, 0.2) is 174 Å². The minimum atomic E-state index is 0.645. The lowest BCUT2D eigenvalue weighted by Crippen LogP contribution is -2.31. The molecule has 0 saturated heterocycles. The third-order valence-electron chi connectivity index (χ3n) is 12.4. The van der Waals surface area contributed by atoms with E-state index in [0.29, 0.717) is 17.5 Å². The average molecular weight is 800 g/mol. The first-order valence-electron chi connectivity index (χ1n) is 21.1. The van der Waals surface area contributed by atoms with Crippen molar-refractivity contribution < 1.29 is 8.98 Å². The van der Waals surface area contributed by atoms with Crippen LogP contribution in [-0.4, -0.2) is 15.0 Å².